The highest BCUT2D eigenvalue weighted by atomic mass is 35.5. The molecule has 0 unspecified atom stereocenters. The number of halogens is 1. The number of hydrogen-bond donors (Lipinski definition) is 1. The second-order valence-electron chi connectivity index (χ2n) is 3.27. The van der Waals surface area contributed by atoms with Crippen LogP contribution < -0.4 is 0 Å². The highest BCUT2D eigenvalue weighted by Gasteiger charge is 2.05. The lowest BCUT2D eigenvalue weighted by Gasteiger charge is -2.17. The number of hydrogen-bond acceptors (Lipinski definition) is 4. The molecule has 0 spiro atoms. The monoisotopic (exact) mass is 248 g/mol. The molecule has 0 amide bonds. The molecule has 1 N–H and O–H groups in total. The summed E-state index contributed by atoms with van der Waals surface area (Å²) in [6.45, 7) is 4.98. The van der Waals surface area contributed by atoms with E-state index in [1.54, 1.807) is 11.3 Å². The van der Waals surface area contributed by atoms with Gasteiger partial charge in [-0.15, -0.1) is 22.9 Å². The Hall–Kier alpha value is -0.160. The summed E-state index contributed by atoms with van der Waals surface area (Å²) < 4.78 is 0. The van der Waals surface area contributed by atoms with Crippen LogP contribution >= 0.6 is 22.9 Å². The van der Waals surface area contributed by atoms with Gasteiger partial charge in [-0.2, -0.15) is 0 Å². The minimum absolute atomic E-state index is 0.221. The highest BCUT2D eigenvalue weighted by molar-refractivity contribution is 7.09. The Morgan fingerprint density at radius 3 is 2.87 bits per heavy atom. The van der Waals surface area contributed by atoms with Crippen molar-refractivity contribution < 1.29 is 5.11 Å². The molecule has 0 radical (unpaired) electrons. The van der Waals surface area contributed by atoms with E-state index >= 15 is 0 Å². The molecule has 0 atom stereocenters. The molecule has 0 aromatic carbocycles. The predicted molar refractivity (Wildman–Crippen MR) is 64.6 cm³/mol. The molecule has 0 bridgehead atoms. The molecule has 1 aromatic rings. The Labute approximate surface area is 99.7 Å². The van der Waals surface area contributed by atoms with Crippen molar-refractivity contribution in [2.24, 2.45) is 0 Å². The van der Waals surface area contributed by atoms with Crippen molar-refractivity contribution in [3.63, 3.8) is 0 Å². The number of aromatic nitrogens is 1. The molecule has 0 saturated heterocycles. The average Bonchev–Trinajstić information content (AvgIpc) is 2.72. The van der Waals surface area contributed by atoms with Gasteiger partial charge >= 0.3 is 0 Å². The summed E-state index contributed by atoms with van der Waals surface area (Å²) in [5, 5.41) is 12.0. The standard InChI is InChI=1S/C10H17ClN2OS/c1-2-13(5-6-14)4-3-10-12-9(7-11)8-15-10/h8,14H,2-7H2,1H3. The quantitative estimate of drug-likeness (QED) is 0.747. The summed E-state index contributed by atoms with van der Waals surface area (Å²) in [5.41, 5.74) is 0.960. The van der Waals surface area contributed by atoms with Crippen LogP contribution in [0, 0.1) is 0 Å². The van der Waals surface area contributed by atoms with Crippen LogP contribution in [0.2, 0.25) is 0 Å². The second kappa shape index (κ2) is 7.17. The molecule has 0 aliphatic heterocycles. The van der Waals surface area contributed by atoms with Crippen LogP contribution in [0.1, 0.15) is 17.6 Å². The minimum atomic E-state index is 0.221. The molecule has 0 aliphatic rings. The van der Waals surface area contributed by atoms with Crippen LogP contribution in [0.3, 0.4) is 0 Å². The predicted octanol–water partition coefficient (Wildman–Crippen LogP) is 1.74. The van der Waals surface area contributed by atoms with E-state index in [0.29, 0.717) is 5.88 Å². The third-order valence-electron chi connectivity index (χ3n) is 2.24. The van der Waals surface area contributed by atoms with E-state index in [0.717, 1.165) is 36.8 Å². The first-order valence-corrected chi connectivity index (χ1v) is 6.54. The second-order valence-corrected chi connectivity index (χ2v) is 4.48. The number of aliphatic hydroxyl groups is 1. The smallest absolute Gasteiger partial charge is 0.0941 e. The van der Waals surface area contributed by atoms with Crippen molar-refractivity contribution in [2.75, 3.05) is 26.2 Å². The zero-order valence-electron chi connectivity index (χ0n) is 8.95. The van der Waals surface area contributed by atoms with E-state index in [-0.39, 0.29) is 6.61 Å². The van der Waals surface area contributed by atoms with Crippen LogP contribution in [0.5, 0.6) is 0 Å². The molecule has 1 heterocycles. The van der Waals surface area contributed by atoms with Crippen LogP contribution in [0.4, 0.5) is 0 Å². The topological polar surface area (TPSA) is 36.4 Å². The molecule has 0 aliphatic carbocycles. The van der Waals surface area contributed by atoms with E-state index in [1.165, 1.54) is 0 Å². The van der Waals surface area contributed by atoms with Crippen molar-refractivity contribution in [1.82, 2.24) is 9.88 Å². The van der Waals surface area contributed by atoms with Gasteiger partial charge in [0.25, 0.3) is 0 Å². The van der Waals surface area contributed by atoms with Gasteiger partial charge in [-0.3, -0.25) is 0 Å². The van der Waals surface area contributed by atoms with Gasteiger partial charge in [-0.1, -0.05) is 6.92 Å². The van der Waals surface area contributed by atoms with Gasteiger partial charge in [0, 0.05) is 24.9 Å². The Bertz CT molecular complexity index is 280. The average molecular weight is 249 g/mol. The van der Waals surface area contributed by atoms with Gasteiger partial charge in [0.05, 0.1) is 23.2 Å². The fourth-order valence-electron chi connectivity index (χ4n) is 1.35. The van der Waals surface area contributed by atoms with E-state index < -0.39 is 0 Å². The molecule has 15 heavy (non-hydrogen) atoms. The molecule has 1 rings (SSSR count). The fourth-order valence-corrected chi connectivity index (χ4v) is 2.36. The van der Waals surface area contributed by atoms with Crippen molar-refractivity contribution in [1.29, 1.82) is 0 Å². The largest absolute Gasteiger partial charge is 0.395 e. The van der Waals surface area contributed by atoms with Crippen molar-refractivity contribution >= 4 is 22.9 Å². The Balaban J connectivity index is 2.34. The zero-order valence-corrected chi connectivity index (χ0v) is 10.5. The van der Waals surface area contributed by atoms with E-state index in [1.807, 2.05) is 5.38 Å². The Morgan fingerprint density at radius 2 is 2.33 bits per heavy atom. The number of likely N-dealkylation sites (N-methyl/N-ethyl adjacent to an activating group) is 1. The van der Waals surface area contributed by atoms with Gasteiger partial charge in [-0.25, -0.2) is 4.98 Å². The first kappa shape index (κ1) is 12.9. The maximum absolute atomic E-state index is 8.84. The minimum Gasteiger partial charge on any atom is -0.395 e. The van der Waals surface area contributed by atoms with Crippen molar-refractivity contribution in [3.8, 4) is 0 Å². The zero-order chi connectivity index (χ0) is 11.1. The molecule has 3 nitrogen and oxygen atoms in total. The molecule has 5 heteroatoms. The molecule has 0 saturated carbocycles. The molecular weight excluding hydrogens is 232 g/mol. The lowest BCUT2D eigenvalue weighted by molar-refractivity contribution is 0.203. The van der Waals surface area contributed by atoms with Gasteiger partial charge in [0.1, 0.15) is 0 Å². The van der Waals surface area contributed by atoms with E-state index in [9.17, 15) is 0 Å². The summed E-state index contributed by atoms with van der Waals surface area (Å²) in [4.78, 5) is 6.60. The molecule has 86 valence electrons. The highest BCUT2D eigenvalue weighted by Crippen LogP contribution is 2.12. The number of aliphatic hydroxyl groups excluding tert-OH is 1. The van der Waals surface area contributed by atoms with Crippen molar-refractivity contribution in [2.45, 2.75) is 19.2 Å². The molecular formula is C10H17ClN2OS. The van der Waals surface area contributed by atoms with E-state index in [2.05, 4.69) is 16.8 Å². The number of alkyl halides is 1. The Kier molecular flexibility index (Phi) is 6.17. The number of rotatable bonds is 7. The first-order valence-electron chi connectivity index (χ1n) is 5.12. The van der Waals surface area contributed by atoms with Gasteiger partial charge in [0.2, 0.25) is 0 Å². The van der Waals surface area contributed by atoms with Crippen molar-refractivity contribution in [3.05, 3.63) is 16.1 Å². The number of nitrogens with zero attached hydrogens (tertiary/aromatic N) is 2. The summed E-state index contributed by atoms with van der Waals surface area (Å²) in [6, 6.07) is 0. The van der Waals surface area contributed by atoms with E-state index in [4.69, 9.17) is 16.7 Å². The van der Waals surface area contributed by atoms with Crippen LogP contribution in [-0.4, -0.2) is 41.2 Å². The molecule has 1 aromatic heterocycles. The third-order valence-corrected chi connectivity index (χ3v) is 3.47. The summed E-state index contributed by atoms with van der Waals surface area (Å²) >= 11 is 7.34. The van der Waals surface area contributed by atoms with Crippen LogP contribution in [0.25, 0.3) is 0 Å². The first-order chi connectivity index (χ1) is 7.30. The SMILES string of the molecule is CCN(CCO)CCc1nc(CCl)cs1. The van der Waals surface area contributed by atoms with Gasteiger partial charge in [0.15, 0.2) is 0 Å². The maximum atomic E-state index is 8.84. The fraction of sp³-hybridized carbons (Fsp3) is 0.700. The third kappa shape index (κ3) is 4.47. The normalized spacial score (nSPS) is 11.2. The van der Waals surface area contributed by atoms with Gasteiger partial charge in [-0.05, 0) is 6.54 Å². The van der Waals surface area contributed by atoms with Gasteiger partial charge < -0.3 is 10.0 Å². The summed E-state index contributed by atoms with van der Waals surface area (Å²) in [5.74, 6) is 0.491. The van der Waals surface area contributed by atoms with Crippen LogP contribution in [0.15, 0.2) is 5.38 Å². The number of thiazole rings is 1. The molecule has 0 fully saturated rings. The summed E-state index contributed by atoms with van der Waals surface area (Å²) in [6.07, 6.45) is 0.940. The Morgan fingerprint density at radius 1 is 1.53 bits per heavy atom. The maximum Gasteiger partial charge on any atom is 0.0941 e. The lowest BCUT2D eigenvalue weighted by atomic mass is 10.4. The van der Waals surface area contributed by atoms with Crippen LogP contribution in [-0.2, 0) is 12.3 Å². The lowest BCUT2D eigenvalue weighted by Crippen LogP contribution is -2.28. The summed E-state index contributed by atoms with van der Waals surface area (Å²) in [7, 11) is 0.